The molecule has 33 heavy (non-hydrogen) atoms. The van der Waals surface area contributed by atoms with Gasteiger partial charge in [-0.1, -0.05) is 45.0 Å². The lowest BCUT2D eigenvalue weighted by atomic mass is 10.1. The van der Waals surface area contributed by atoms with Crippen LogP contribution in [0.3, 0.4) is 0 Å². The molecular formula is C25H32FN3O4. The number of aryl methyl sites for hydroxylation is 1. The molecule has 0 bridgehead atoms. The molecule has 1 N–H and O–H groups in total. The molecule has 1 heterocycles. The van der Waals surface area contributed by atoms with E-state index in [1.165, 1.54) is 17.9 Å². The Morgan fingerprint density at radius 2 is 1.91 bits per heavy atom. The van der Waals surface area contributed by atoms with Gasteiger partial charge < -0.3 is 14.6 Å². The summed E-state index contributed by atoms with van der Waals surface area (Å²) in [6.45, 7) is 8.29. The molecule has 0 spiro atoms. The molecule has 0 aliphatic rings. The third kappa shape index (κ3) is 7.30. The normalized spacial score (nSPS) is 10.5. The Kier molecular flexibility index (Phi) is 9.84. The van der Waals surface area contributed by atoms with Gasteiger partial charge in [-0.05, 0) is 48.6 Å². The highest BCUT2D eigenvalue weighted by Gasteiger charge is 2.19. The molecule has 0 unspecified atom stereocenters. The average Bonchev–Trinajstić information content (AvgIpc) is 3.19. The van der Waals surface area contributed by atoms with Crippen molar-refractivity contribution in [2.24, 2.45) is 5.92 Å². The number of nitrogens with zero attached hydrogens (tertiary/aromatic N) is 3. The summed E-state index contributed by atoms with van der Waals surface area (Å²) in [5.74, 6) is 0.170. The van der Waals surface area contributed by atoms with Crippen LogP contribution < -0.4 is 9.47 Å². The van der Waals surface area contributed by atoms with E-state index in [0.717, 1.165) is 11.3 Å². The van der Waals surface area contributed by atoms with Crippen LogP contribution in [0, 0.1) is 11.7 Å². The number of carboxylic acid groups (broad SMARTS) is 1. The summed E-state index contributed by atoms with van der Waals surface area (Å²) in [6, 6.07) is 11.8. The van der Waals surface area contributed by atoms with Crippen LogP contribution in [0.5, 0.6) is 11.5 Å². The molecular weight excluding hydrogens is 425 g/mol. The smallest absolute Gasteiger partial charge is 0.303 e. The number of aromatic nitrogens is 3. The standard InChI is InChI=1S/C23H26FN3O4.C2H6/c1-15(2)11-22-20(14-31-18-6-4-5-16(12-18)7-10-23(28)29)25-26-27(22)21-13-17(30-3)8-9-19(21)24;1-2/h4-6,8-9,12-13,15H,7,10-11,14H2,1-3H3,(H,28,29);1-2H3. The van der Waals surface area contributed by atoms with Crippen LogP contribution in [0.2, 0.25) is 0 Å². The van der Waals surface area contributed by atoms with Crippen molar-refractivity contribution >= 4 is 5.97 Å². The van der Waals surface area contributed by atoms with Gasteiger partial charge in [-0.2, -0.15) is 0 Å². The maximum Gasteiger partial charge on any atom is 0.303 e. The number of hydrogen-bond donors (Lipinski definition) is 1. The number of methoxy groups -OCH3 is 1. The van der Waals surface area contributed by atoms with E-state index < -0.39 is 11.8 Å². The quantitative estimate of drug-likeness (QED) is 0.448. The Morgan fingerprint density at radius 3 is 2.58 bits per heavy atom. The topological polar surface area (TPSA) is 86.5 Å². The highest BCUT2D eigenvalue weighted by Crippen LogP contribution is 2.24. The number of rotatable bonds is 10. The summed E-state index contributed by atoms with van der Waals surface area (Å²) in [7, 11) is 1.53. The first kappa shape index (κ1) is 25.8. The first-order chi connectivity index (χ1) is 15.9. The summed E-state index contributed by atoms with van der Waals surface area (Å²) in [6.07, 6.45) is 1.12. The second-order valence-electron chi connectivity index (χ2n) is 7.64. The predicted molar refractivity (Wildman–Crippen MR) is 124 cm³/mol. The van der Waals surface area contributed by atoms with Crippen molar-refractivity contribution in [1.82, 2.24) is 15.0 Å². The molecule has 0 aliphatic heterocycles. The van der Waals surface area contributed by atoms with Gasteiger partial charge in [0.2, 0.25) is 0 Å². The van der Waals surface area contributed by atoms with E-state index >= 15 is 0 Å². The van der Waals surface area contributed by atoms with Crippen LogP contribution in [0.1, 0.15) is 51.1 Å². The van der Waals surface area contributed by atoms with Crippen molar-refractivity contribution in [3.05, 3.63) is 65.2 Å². The van der Waals surface area contributed by atoms with E-state index in [1.807, 2.05) is 32.0 Å². The fourth-order valence-electron chi connectivity index (χ4n) is 3.20. The molecule has 0 saturated carbocycles. The van der Waals surface area contributed by atoms with Crippen molar-refractivity contribution in [3.8, 4) is 17.2 Å². The summed E-state index contributed by atoms with van der Waals surface area (Å²) in [5.41, 5.74) is 2.53. The highest BCUT2D eigenvalue weighted by atomic mass is 19.1. The maximum atomic E-state index is 14.5. The summed E-state index contributed by atoms with van der Waals surface area (Å²) in [4.78, 5) is 10.8. The van der Waals surface area contributed by atoms with Gasteiger partial charge in [0.1, 0.15) is 35.3 Å². The summed E-state index contributed by atoms with van der Waals surface area (Å²) in [5, 5.41) is 17.3. The Hall–Kier alpha value is -3.42. The molecule has 0 amide bonds. The predicted octanol–water partition coefficient (Wildman–Crippen LogP) is 5.24. The van der Waals surface area contributed by atoms with Gasteiger partial charge in [0.05, 0.1) is 12.8 Å². The first-order valence-electron chi connectivity index (χ1n) is 11.1. The van der Waals surface area contributed by atoms with E-state index in [1.54, 1.807) is 18.2 Å². The first-order valence-corrected chi connectivity index (χ1v) is 11.1. The second-order valence-corrected chi connectivity index (χ2v) is 7.64. The van der Waals surface area contributed by atoms with Gasteiger partial charge in [-0.15, -0.1) is 5.10 Å². The fourth-order valence-corrected chi connectivity index (χ4v) is 3.20. The average molecular weight is 458 g/mol. The van der Waals surface area contributed by atoms with E-state index in [0.29, 0.717) is 36.0 Å². The van der Waals surface area contributed by atoms with Gasteiger partial charge in [0, 0.05) is 12.5 Å². The molecule has 0 saturated heterocycles. The summed E-state index contributed by atoms with van der Waals surface area (Å²) < 4.78 is 27.2. The number of benzene rings is 2. The van der Waals surface area contributed by atoms with Crippen molar-refractivity contribution in [2.45, 2.75) is 53.6 Å². The zero-order valence-corrected chi connectivity index (χ0v) is 19.8. The minimum absolute atomic E-state index is 0.0580. The molecule has 0 aliphatic carbocycles. The maximum absolute atomic E-state index is 14.5. The SMILES string of the molecule is CC.COc1ccc(F)c(-n2nnc(COc3cccc(CCC(=O)O)c3)c2CC(C)C)c1. The van der Waals surface area contributed by atoms with E-state index in [-0.39, 0.29) is 18.7 Å². The lowest BCUT2D eigenvalue weighted by Crippen LogP contribution is -2.10. The number of aliphatic carboxylic acids is 1. The molecule has 0 radical (unpaired) electrons. The number of halogens is 1. The van der Waals surface area contributed by atoms with Gasteiger partial charge in [0.15, 0.2) is 0 Å². The Balaban J connectivity index is 0.00000187. The van der Waals surface area contributed by atoms with E-state index in [2.05, 4.69) is 24.2 Å². The summed E-state index contributed by atoms with van der Waals surface area (Å²) >= 11 is 0. The Morgan fingerprint density at radius 1 is 1.15 bits per heavy atom. The molecule has 1 aromatic heterocycles. The second kappa shape index (κ2) is 12.6. The lowest BCUT2D eigenvalue weighted by Gasteiger charge is -2.12. The van der Waals surface area contributed by atoms with Crippen LogP contribution in [-0.2, 0) is 24.2 Å². The zero-order chi connectivity index (χ0) is 24.4. The molecule has 3 rings (SSSR count). The van der Waals surface area contributed by atoms with Crippen LogP contribution in [0.25, 0.3) is 5.69 Å². The van der Waals surface area contributed by atoms with Gasteiger partial charge in [-0.3, -0.25) is 4.79 Å². The largest absolute Gasteiger partial charge is 0.497 e. The van der Waals surface area contributed by atoms with Gasteiger partial charge in [-0.25, -0.2) is 9.07 Å². The van der Waals surface area contributed by atoms with Gasteiger partial charge in [0.25, 0.3) is 0 Å². The van der Waals surface area contributed by atoms with Gasteiger partial charge >= 0.3 is 5.97 Å². The fraction of sp³-hybridized carbons (Fsp3) is 0.400. The molecule has 7 nitrogen and oxygen atoms in total. The van der Waals surface area contributed by atoms with Crippen molar-refractivity contribution < 1.29 is 23.8 Å². The van der Waals surface area contributed by atoms with Crippen molar-refractivity contribution in [3.63, 3.8) is 0 Å². The molecule has 2 aromatic carbocycles. The zero-order valence-electron chi connectivity index (χ0n) is 19.8. The molecule has 0 fully saturated rings. The Bertz CT molecular complexity index is 1050. The molecule has 3 aromatic rings. The van der Waals surface area contributed by atoms with Crippen LogP contribution in [0.4, 0.5) is 4.39 Å². The van der Waals surface area contributed by atoms with Crippen molar-refractivity contribution in [1.29, 1.82) is 0 Å². The minimum atomic E-state index is -0.842. The third-order valence-electron chi connectivity index (χ3n) is 4.73. The number of carboxylic acids is 1. The molecule has 0 atom stereocenters. The van der Waals surface area contributed by atoms with Crippen LogP contribution >= 0.6 is 0 Å². The van der Waals surface area contributed by atoms with Crippen molar-refractivity contribution in [2.75, 3.05) is 7.11 Å². The Labute approximate surface area is 194 Å². The molecule has 178 valence electrons. The number of ether oxygens (including phenoxy) is 2. The molecule has 8 heteroatoms. The number of carbonyl (C=O) groups is 1. The number of hydrogen-bond acceptors (Lipinski definition) is 5. The third-order valence-corrected chi connectivity index (χ3v) is 4.73. The van der Waals surface area contributed by atoms with E-state index in [4.69, 9.17) is 14.6 Å². The van der Waals surface area contributed by atoms with E-state index in [9.17, 15) is 9.18 Å². The van der Waals surface area contributed by atoms with Crippen LogP contribution in [0.15, 0.2) is 42.5 Å². The van der Waals surface area contributed by atoms with Crippen LogP contribution in [-0.4, -0.2) is 33.2 Å². The minimum Gasteiger partial charge on any atom is -0.497 e. The monoisotopic (exact) mass is 457 g/mol. The highest BCUT2D eigenvalue weighted by molar-refractivity contribution is 5.67. The lowest BCUT2D eigenvalue weighted by molar-refractivity contribution is -0.136.